The van der Waals surface area contributed by atoms with E-state index in [4.69, 9.17) is 14.7 Å². The summed E-state index contributed by atoms with van der Waals surface area (Å²) in [6, 6.07) is 8.66. The third kappa shape index (κ3) is 1.76. The van der Waals surface area contributed by atoms with Gasteiger partial charge in [0.2, 0.25) is 0 Å². The molecule has 4 heteroatoms. The Balaban J connectivity index is 1.87. The van der Waals surface area contributed by atoms with Crippen molar-refractivity contribution in [3.8, 4) is 17.6 Å². The fraction of sp³-hybridized carbons (Fsp3) is 0.500. The summed E-state index contributed by atoms with van der Waals surface area (Å²) in [6.45, 7) is 4.26. The predicted molar refractivity (Wildman–Crippen MR) is 68.0 cm³/mol. The van der Waals surface area contributed by atoms with Gasteiger partial charge in [0.1, 0.15) is 13.2 Å². The van der Waals surface area contributed by atoms with Gasteiger partial charge >= 0.3 is 0 Å². The van der Waals surface area contributed by atoms with Gasteiger partial charge in [-0.3, -0.25) is 0 Å². The van der Waals surface area contributed by atoms with Crippen molar-refractivity contribution in [2.75, 3.05) is 24.7 Å². The predicted octanol–water partition coefficient (Wildman–Crippen LogP) is 2.20. The highest BCUT2D eigenvalue weighted by Crippen LogP contribution is 2.37. The van der Waals surface area contributed by atoms with Crippen molar-refractivity contribution < 1.29 is 9.47 Å². The number of fused-ring (bicyclic) bond motifs is 1. The van der Waals surface area contributed by atoms with Crippen LogP contribution in [0.3, 0.4) is 0 Å². The average molecular weight is 244 g/mol. The lowest BCUT2D eigenvalue weighted by molar-refractivity contribution is 0.171. The Hall–Kier alpha value is -1.89. The molecule has 0 N–H and O–H groups in total. The van der Waals surface area contributed by atoms with E-state index >= 15 is 0 Å². The molecule has 94 valence electrons. The fourth-order valence-electron chi connectivity index (χ4n) is 2.69. The van der Waals surface area contributed by atoms with Gasteiger partial charge in [-0.15, -0.1) is 0 Å². The van der Waals surface area contributed by atoms with Crippen molar-refractivity contribution in [3.05, 3.63) is 18.2 Å². The van der Waals surface area contributed by atoms with E-state index in [9.17, 15) is 0 Å². The van der Waals surface area contributed by atoms with E-state index in [1.807, 2.05) is 18.2 Å². The number of benzene rings is 1. The summed E-state index contributed by atoms with van der Waals surface area (Å²) in [4.78, 5) is 2.27. The molecule has 1 fully saturated rings. The van der Waals surface area contributed by atoms with E-state index in [2.05, 4.69) is 17.9 Å². The molecule has 1 aromatic rings. The first-order valence-electron chi connectivity index (χ1n) is 6.35. The molecule has 2 unspecified atom stereocenters. The first-order valence-corrected chi connectivity index (χ1v) is 6.35. The van der Waals surface area contributed by atoms with Crippen LogP contribution in [0.25, 0.3) is 0 Å². The summed E-state index contributed by atoms with van der Waals surface area (Å²) in [7, 11) is 0. The van der Waals surface area contributed by atoms with Crippen molar-refractivity contribution in [3.63, 3.8) is 0 Å². The van der Waals surface area contributed by atoms with Gasteiger partial charge in [0.15, 0.2) is 11.5 Å². The van der Waals surface area contributed by atoms with Crippen LogP contribution >= 0.6 is 0 Å². The Labute approximate surface area is 107 Å². The smallest absolute Gasteiger partial charge is 0.163 e. The average Bonchev–Trinajstić information content (AvgIpc) is 2.79. The van der Waals surface area contributed by atoms with Crippen molar-refractivity contribution in [1.29, 1.82) is 5.26 Å². The fourth-order valence-corrected chi connectivity index (χ4v) is 2.69. The van der Waals surface area contributed by atoms with Crippen molar-refractivity contribution in [2.45, 2.75) is 19.4 Å². The number of rotatable bonds is 1. The lowest BCUT2D eigenvalue weighted by Gasteiger charge is -2.27. The van der Waals surface area contributed by atoms with Gasteiger partial charge < -0.3 is 14.4 Å². The highest BCUT2D eigenvalue weighted by molar-refractivity contribution is 5.58. The van der Waals surface area contributed by atoms with Crippen molar-refractivity contribution in [2.24, 2.45) is 5.92 Å². The summed E-state index contributed by atoms with van der Waals surface area (Å²) in [5, 5.41) is 9.07. The number of nitrogens with zero attached hydrogens (tertiary/aromatic N) is 2. The molecule has 0 amide bonds. The topological polar surface area (TPSA) is 45.5 Å². The summed E-state index contributed by atoms with van der Waals surface area (Å²) in [5.74, 6) is 1.75. The minimum atomic E-state index is 0.123. The number of hydrogen-bond acceptors (Lipinski definition) is 4. The molecule has 4 nitrogen and oxygen atoms in total. The number of anilines is 1. The van der Waals surface area contributed by atoms with Crippen LogP contribution in [0.4, 0.5) is 5.69 Å². The van der Waals surface area contributed by atoms with Gasteiger partial charge in [-0.25, -0.2) is 0 Å². The zero-order valence-electron chi connectivity index (χ0n) is 10.4. The van der Waals surface area contributed by atoms with Crippen molar-refractivity contribution >= 4 is 5.69 Å². The molecule has 0 aromatic heterocycles. The minimum absolute atomic E-state index is 0.123. The third-order valence-corrected chi connectivity index (χ3v) is 3.78. The second kappa shape index (κ2) is 4.41. The maximum absolute atomic E-state index is 9.07. The summed E-state index contributed by atoms with van der Waals surface area (Å²) >= 11 is 0. The molecule has 2 aliphatic heterocycles. The van der Waals surface area contributed by atoms with Gasteiger partial charge in [0.05, 0.1) is 12.0 Å². The van der Waals surface area contributed by atoms with Gasteiger partial charge in [0, 0.05) is 24.3 Å². The van der Waals surface area contributed by atoms with Crippen LogP contribution in [-0.4, -0.2) is 25.8 Å². The first kappa shape index (κ1) is 11.2. The monoisotopic (exact) mass is 244 g/mol. The van der Waals surface area contributed by atoms with E-state index in [0.717, 1.165) is 30.2 Å². The van der Waals surface area contributed by atoms with Crippen LogP contribution in [0.1, 0.15) is 13.3 Å². The maximum Gasteiger partial charge on any atom is 0.163 e. The normalized spacial score (nSPS) is 25.9. The number of ether oxygens (including phenoxy) is 2. The highest BCUT2D eigenvalue weighted by Gasteiger charge is 2.31. The standard InChI is InChI=1S/C14H16N2O2/c1-10-11(9-15)4-5-16(10)12-2-3-13-14(8-12)18-7-6-17-13/h2-3,8,10-11H,4-7H2,1H3. The Morgan fingerprint density at radius 2 is 2.06 bits per heavy atom. The summed E-state index contributed by atoms with van der Waals surface area (Å²) in [5.41, 5.74) is 1.12. The molecule has 0 spiro atoms. The molecule has 2 aliphatic rings. The van der Waals surface area contributed by atoms with Crippen LogP contribution in [0.2, 0.25) is 0 Å². The summed E-state index contributed by atoms with van der Waals surface area (Å²) in [6.07, 6.45) is 0.937. The van der Waals surface area contributed by atoms with E-state index in [1.165, 1.54) is 0 Å². The van der Waals surface area contributed by atoms with Gasteiger partial charge in [-0.2, -0.15) is 5.26 Å². The van der Waals surface area contributed by atoms with E-state index in [-0.39, 0.29) is 12.0 Å². The maximum atomic E-state index is 9.07. The third-order valence-electron chi connectivity index (χ3n) is 3.78. The quantitative estimate of drug-likeness (QED) is 0.759. The minimum Gasteiger partial charge on any atom is -0.486 e. The van der Waals surface area contributed by atoms with Crippen LogP contribution in [0.15, 0.2) is 18.2 Å². The Morgan fingerprint density at radius 1 is 1.28 bits per heavy atom. The number of hydrogen-bond donors (Lipinski definition) is 0. The molecule has 3 rings (SSSR count). The van der Waals surface area contributed by atoms with Crippen LogP contribution in [0, 0.1) is 17.2 Å². The molecule has 18 heavy (non-hydrogen) atoms. The molecule has 1 aromatic carbocycles. The molecule has 0 saturated carbocycles. The Bertz CT molecular complexity index is 495. The lowest BCUT2D eigenvalue weighted by atomic mass is 10.0. The van der Waals surface area contributed by atoms with Gasteiger partial charge in [-0.05, 0) is 25.5 Å². The van der Waals surface area contributed by atoms with Gasteiger partial charge in [-0.1, -0.05) is 0 Å². The molecule has 0 radical (unpaired) electrons. The Morgan fingerprint density at radius 3 is 2.78 bits per heavy atom. The van der Waals surface area contributed by atoms with Crippen LogP contribution < -0.4 is 14.4 Å². The molecular weight excluding hydrogens is 228 g/mol. The van der Waals surface area contributed by atoms with Gasteiger partial charge in [0.25, 0.3) is 0 Å². The number of nitriles is 1. The van der Waals surface area contributed by atoms with Crippen LogP contribution in [0.5, 0.6) is 11.5 Å². The molecular formula is C14H16N2O2. The second-order valence-electron chi connectivity index (χ2n) is 4.79. The first-order chi connectivity index (χ1) is 8.79. The molecule has 0 bridgehead atoms. The molecule has 2 atom stereocenters. The highest BCUT2D eigenvalue weighted by atomic mass is 16.6. The molecule has 1 saturated heterocycles. The van der Waals surface area contributed by atoms with E-state index in [0.29, 0.717) is 13.2 Å². The largest absolute Gasteiger partial charge is 0.486 e. The SMILES string of the molecule is CC1C(C#N)CCN1c1ccc2c(c1)OCCO2. The molecule has 2 heterocycles. The summed E-state index contributed by atoms with van der Waals surface area (Å²) < 4.78 is 11.1. The van der Waals surface area contributed by atoms with Crippen molar-refractivity contribution in [1.82, 2.24) is 0 Å². The zero-order valence-corrected chi connectivity index (χ0v) is 10.4. The Kier molecular flexibility index (Phi) is 2.75. The zero-order chi connectivity index (χ0) is 12.5. The second-order valence-corrected chi connectivity index (χ2v) is 4.79. The van der Waals surface area contributed by atoms with Crippen LogP contribution in [-0.2, 0) is 0 Å². The van der Waals surface area contributed by atoms with E-state index < -0.39 is 0 Å². The molecule has 0 aliphatic carbocycles. The van der Waals surface area contributed by atoms with E-state index in [1.54, 1.807) is 0 Å². The lowest BCUT2D eigenvalue weighted by Crippen LogP contribution is -2.29.